The van der Waals surface area contributed by atoms with Crippen LogP contribution in [0.3, 0.4) is 0 Å². The highest BCUT2D eigenvalue weighted by Crippen LogP contribution is 2.13. The second-order valence-electron chi connectivity index (χ2n) is 5.12. The van der Waals surface area contributed by atoms with Gasteiger partial charge in [0.15, 0.2) is 0 Å². The quantitative estimate of drug-likeness (QED) is 0.850. The SMILES string of the molecule is Cc1cccc(NC(=O)C[C@@H](C(=O)O)N2CCOCC2)c1. The lowest BCUT2D eigenvalue weighted by molar-refractivity contribution is -0.147. The van der Waals surface area contributed by atoms with E-state index in [1.54, 1.807) is 11.0 Å². The van der Waals surface area contributed by atoms with Gasteiger partial charge >= 0.3 is 5.97 Å². The molecule has 114 valence electrons. The van der Waals surface area contributed by atoms with Crippen LogP contribution in [0.25, 0.3) is 0 Å². The summed E-state index contributed by atoms with van der Waals surface area (Å²) in [4.78, 5) is 25.2. The molecule has 1 aromatic carbocycles. The number of carboxylic acid groups (broad SMARTS) is 1. The Hall–Kier alpha value is -1.92. The van der Waals surface area contributed by atoms with Gasteiger partial charge in [0.1, 0.15) is 6.04 Å². The molecule has 0 spiro atoms. The number of ether oxygens (including phenoxy) is 1. The van der Waals surface area contributed by atoms with Crippen LogP contribution in [0.5, 0.6) is 0 Å². The van der Waals surface area contributed by atoms with Crippen molar-refractivity contribution in [1.82, 2.24) is 4.90 Å². The van der Waals surface area contributed by atoms with Crippen molar-refractivity contribution in [2.75, 3.05) is 31.6 Å². The molecule has 1 aliphatic rings. The molecule has 1 aliphatic heterocycles. The van der Waals surface area contributed by atoms with Gasteiger partial charge in [-0.3, -0.25) is 14.5 Å². The summed E-state index contributed by atoms with van der Waals surface area (Å²) in [6.07, 6.45) is -0.0662. The first-order valence-electron chi connectivity index (χ1n) is 6.97. The van der Waals surface area contributed by atoms with E-state index < -0.39 is 12.0 Å². The largest absolute Gasteiger partial charge is 0.480 e. The number of rotatable bonds is 5. The lowest BCUT2D eigenvalue weighted by atomic mass is 10.1. The average molecular weight is 292 g/mol. The summed E-state index contributed by atoms with van der Waals surface area (Å²) < 4.78 is 5.21. The number of hydrogen-bond donors (Lipinski definition) is 2. The second-order valence-corrected chi connectivity index (χ2v) is 5.12. The maximum Gasteiger partial charge on any atom is 0.321 e. The molecule has 2 rings (SSSR count). The van der Waals surface area contributed by atoms with Crippen molar-refractivity contribution in [2.45, 2.75) is 19.4 Å². The van der Waals surface area contributed by atoms with E-state index in [9.17, 15) is 14.7 Å². The minimum Gasteiger partial charge on any atom is -0.480 e. The molecule has 0 saturated carbocycles. The van der Waals surface area contributed by atoms with Gasteiger partial charge in [0, 0.05) is 18.8 Å². The van der Waals surface area contributed by atoms with E-state index in [4.69, 9.17) is 4.74 Å². The Balaban J connectivity index is 1.96. The lowest BCUT2D eigenvalue weighted by Crippen LogP contribution is -2.48. The number of anilines is 1. The molecule has 6 heteroatoms. The zero-order valence-corrected chi connectivity index (χ0v) is 12.0. The molecule has 1 fully saturated rings. The minimum absolute atomic E-state index is 0.0662. The molecule has 0 aromatic heterocycles. The molecule has 0 aliphatic carbocycles. The van der Waals surface area contributed by atoms with Gasteiger partial charge in [0.05, 0.1) is 19.6 Å². The summed E-state index contributed by atoms with van der Waals surface area (Å²) >= 11 is 0. The molecule has 1 saturated heterocycles. The van der Waals surface area contributed by atoms with Gasteiger partial charge in [0.25, 0.3) is 0 Å². The van der Waals surface area contributed by atoms with E-state index in [1.165, 1.54) is 0 Å². The maximum absolute atomic E-state index is 12.0. The third-order valence-corrected chi connectivity index (χ3v) is 3.45. The van der Waals surface area contributed by atoms with Gasteiger partial charge in [-0.2, -0.15) is 0 Å². The third kappa shape index (κ3) is 4.54. The van der Waals surface area contributed by atoms with E-state index in [0.29, 0.717) is 32.0 Å². The van der Waals surface area contributed by atoms with E-state index in [-0.39, 0.29) is 12.3 Å². The topological polar surface area (TPSA) is 78.9 Å². The first-order valence-corrected chi connectivity index (χ1v) is 6.97. The number of benzene rings is 1. The Labute approximate surface area is 123 Å². The Morgan fingerprint density at radius 2 is 2.10 bits per heavy atom. The predicted molar refractivity (Wildman–Crippen MR) is 78.2 cm³/mol. The van der Waals surface area contributed by atoms with Crippen molar-refractivity contribution in [3.05, 3.63) is 29.8 Å². The van der Waals surface area contributed by atoms with Gasteiger partial charge in [-0.1, -0.05) is 12.1 Å². The van der Waals surface area contributed by atoms with Crippen molar-refractivity contribution in [2.24, 2.45) is 0 Å². The van der Waals surface area contributed by atoms with Gasteiger partial charge in [-0.15, -0.1) is 0 Å². The van der Waals surface area contributed by atoms with Crippen LogP contribution in [-0.4, -0.2) is 54.2 Å². The number of nitrogens with zero attached hydrogens (tertiary/aromatic N) is 1. The number of carbonyl (C=O) groups is 2. The first kappa shape index (κ1) is 15.5. The zero-order valence-electron chi connectivity index (χ0n) is 12.0. The third-order valence-electron chi connectivity index (χ3n) is 3.45. The molecule has 0 radical (unpaired) electrons. The average Bonchev–Trinajstić information content (AvgIpc) is 2.45. The standard InChI is InChI=1S/C15H20N2O4/c1-11-3-2-4-12(9-11)16-14(18)10-13(15(19)20)17-5-7-21-8-6-17/h2-4,9,13H,5-8,10H2,1H3,(H,16,18)(H,19,20)/t13-/m0/s1. The van der Waals surface area contributed by atoms with Crippen molar-refractivity contribution >= 4 is 17.6 Å². The molecule has 1 amide bonds. The van der Waals surface area contributed by atoms with Crippen molar-refractivity contribution in [3.8, 4) is 0 Å². The van der Waals surface area contributed by atoms with Gasteiger partial charge < -0.3 is 15.2 Å². The van der Waals surface area contributed by atoms with Crippen LogP contribution in [0.15, 0.2) is 24.3 Å². The fourth-order valence-corrected chi connectivity index (χ4v) is 2.37. The van der Waals surface area contributed by atoms with Crippen molar-refractivity contribution in [3.63, 3.8) is 0 Å². The highest BCUT2D eigenvalue weighted by atomic mass is 16.5. The van der Waals surface area contributed by atoms with Crippen LogP contribution in [0.4, 0.5) is 5.69 Å². The highest BCUT2D eigenvalue weighted by molar-refractivity contribution is 5.94. The molecule has 1 aromatic rings. The molecular weight excluding hydrogens is 272 g/mol. The van der Waals surface area contributed by atoms with Gasteiger partial charge in [0.2, 0.25) is 5.91 Å². The van der Waals surface area contributed by atoms with Crippen LogP contribution in [-0.2, 0) is 14.3 Å². The number of aliphatic carboxylic acids is 1. The predicted octanol–water partition coefficient (Wildman–Crippen LogP) is 1.11. The first-order chi connectivity index (χ1) is 10.1. The fourth-order valence-electron chi connectivity index (χ4n) is 2.37. The van der Waals surface area contributed by atoms with Gasteiger partial charge in [-0.05, 0) is 24.6 Å². The lowest BCUT2D eigenvalue weighted by Gasteiger charge is -2.31. The number of carbonyl (C=O) groups excluding carboxylic acids is 1. The number of morpholine rings is 1. The second kappa shape index (κ2) is 7.19. The summed E-state index contributed by atoms with van der Waals surface area (Å²) in [5, 5.41) is 12.1. The van der Waals surface area contributed by atoms with Crippen LogP contribution >= 0.6 is 0 Å². The zero-order chi connectivity index (χ0) is 15.2. The molecule has 6 nitrogen and oxygen atoms in total. The molecule has 0 unspecified atom stereocenters. The normalized spacial score (nSPS) is 17.2. The summed E-state index contributed by atoms with van der Waals surface area (Å²) in [6.45, 7) is 4.01. The monoisotopic (exact) mass is 292 g/mol. The summed E-state index contributed by atoms with van der Waals surface area (Å²) in [5.41, 5.74) is 1.72. The van der Waals surface area contributed by atoms with Crippen LogP contribution in [0.1, 0.15) is 12.0 Å². The Morgan fingerprint density at radius 1 is 1.38 bits per heavy atom. The van der Waals surface area contributed by atoms with E-state index in [2.05, 4.69) is 5.32 Å². The summed E-state index contributed by atoms with van der Waals surface area (Å²) in [6, 6.07) is 6.61. The van der Waals surface area contributed by atoms with Crippen LogP contribution < -0.4 is 5.32 Å². The van der Waals surface area contributed by atoms with Crippen LogP contribution in [0, 0.1) is 6.92 Å². The number of carboxylic acids is 1. The molecule has 1 atom stereocenters. The molecule has 2 N–H and O–H groups in total. The van der Waals surface area contributed by atoms with E-state index in [0.717, 1.165) is 5.56 Å². The molecule has 0 bridgehead atoms. The fraction of sp³-hybridized carbons (Fsp3) is 0.467. The van der Waals surface area contributed by atoms with E-state index >= 15 is 0 Å². The smallest absolute Gasteiger partial charge is 0.321 e. The highest BCUT2D eigenvalue weighted by Gasteiger charge is 2.29. The minimum atomic E-state index is -0.976. The molecule has 1 heterocycles. The number of hydrogen-bond acceptors (Lipinski definition) is 4. The van der Waals surface area contributed by atoms with Crippen molar-refractivity contribution < 1.29 is 19.4 Å². The maximum atomic E-state index is 12.0. The molecular formula is C15H20N2O4. The summed E-state index contributed by atoms with van der Waals surface area (Å²) in [5.74, 6) is -1.27. The van der Waals surface area contributed by atoms with Crippen molar-refractivity contribution in [1.29, 1.82) is 0 Å². The number of amides is 1. The Morgan fingerprint density at radius 3 is 2.71 bits per heavy atom. The van der Waals surface area contributed by atoms with Gasteiger partial charge in [-0.25, -0.2) is 0 Å². The Bertz CT molecular complexity index is 512. The molecule has 21 heavy (non-hydrogen) atoms. The Kier molecular flexibility index (Phi) is 5.30. The number of aryl methyl sites for hydroxylation is 1. The summed E-state index contributed by atoms with van der Waals surface area (Å²) in [7, 11) is 0. The van der Waals surface area contributed by atoms with E-state index in [1.807, 2.05) is 25.1 Å². The number of nitrogens with one attached hydrogen (secondary N) is 1. The van der Waals surface area contributed by atoms with Crippen LogP contribution in [0.2, 0.25) is 0 Å².